The lowest BCUT2D eigenvalue weighted by Gasteiger charge is -2.31. The Kier molecular flexibility index (Phi) is 7.39. The maximum Gasteiger partial charge on any atom is 0.327 e. The Balaban J connectivity index is 2.66. The number of carbonyl (C=O) groups excluding carboxylic acids is 3. The summed E-state index contributed by atoms with van der Waals surface area (Å²) in [5, 5.41) is 3.19. The van der Waals surface area contributed by atoms with Crippen LogP contribution in [0, 0.1) is 11.8 Å². The van der Waals surface area contributed by atoms with E-state index in [0.717, 1.165) is 0 Å². The number of methoxy groups -OCH3 is 3. The summed E-state index contributed by atoms with van der Waals surface area (Å²) in [4.78, 5) is 38.6. The van der Waals surface area contributed by atoms with Crippen molar-refractivity contribution in [1.82, 2.24) is 5.32 Å². The monoisotopic (exact) mass is 405 g/mol. The van der Waals surface area contributed by atoms with E-state index in [1.165, 1.54) is 20.3 Å². The predicted molar refractivity (Wildman–Crippen MR) is 104 cm³/mol. The number of benzene rings is 1. The van der Waals surface area contributed by atoms with Gasteiger partial charge in [0.25, 0.3) is 0 Å². The van der Waals surface area contributed by atoms with Crippen LogP contribution in [0.15, 0.2) is 36.9 Å². The molecule has 0 amide bonds. The summed E-state index contributed by atoms with van der Waals surface area (Å²) in [6, 6.07) is 6.29. The molecule has 1 saturated heterocycles. The number of nitrogens with one attached hydrogen (secondary N) is 1. The molecule has 158 valence electrons. The second kappa shape index (κ2) is 9.56. The molecule has 1 heterocycles. The molecule has 8 heteroatoms. The van der Waals surface area contributed by atoms with E-state index < -0.39 is 41.3 Å². The van der Waals surface area contributed by atoms with Crippen LogP contribution in [-0.2, 0) is 28.6 Å². The topological polar surface area (TPSA) is 100 Å². The van der Waals surface area contributed by atoms with Gasteiger partial charge in [0.15, 0.2) is 0 Å². The fraction of sp³-hybridized carbons (Fsp3) is 0.476. The molecule has 0 bridgehead atoms. The lowest BCUT2D eigenvalue weighted by molar-refractivity contribution is -0.165. The third kappa shape index (κ3) is 4.12. The number of carbonyl (C=O) groups is 3. The third-order valence-electron chi connectivity index (χ3n) is 5.17. The zero-order chi connectivity index (χ0) is 21.6. The molecule has 0 unspecified atom stereocenters. The Hall–Kier alpha value is -2.87. The minimum atomic E-state index is -1.52. The van der Waals surface area contributed by atoms with Crippen LogP contribution in [0.3, 0.4) is 0 Å². The van der Waals surface area contributed by atoms with Crippen molar-refractivity contribution in [2.45, 2.75) is 24.9 Å². The van der Waals surface area contributed by atoms with Crippen molar-refractivity contribution in [2.75, 3.05) is 27.9 Å². The summed E-state index contributed by atoms with van der Waals surface area (Å²) in [6.07, 6.45) is 1.57. The molecule has 1 N–H and O–H groups in total. The first kappa shape index (κ1) is 22.4. The van der Waals surface area contributed by atoms with E-state index in [2.05, 4.69) is 11.9 Å². The number of hydrogen-bond donors (Lipinski definition) is 1. The summed E-state index contributed by atoms with van der Waals surface area (Å²) in [6.45, 7) is 5.49. The highest BCUT2D eigenvalue weighted by molar-refractivity contribution is 5.94. The second-order valence-corrected chi connectivity index (χ2v) is 6.63. The molecular weight excluding hydrogens is 378 g/mol. The first-order valence-corrected chi connectivity index (χ1v) is 9.25. The van der Waals surface area contributed by atoms with E-state index in [1.807, 2.05) is 0 Å². The number of hydrogen-bond acceptors (Lipinski definition) is 8. The first-order chi connectivity index (χ1) is 13.9. The molecule has 1 aliphatic rings. The summed E-state index contributed by atoms with van der Waals surface area (Å²) >= 11 is 0. The molecule has 1 fully saturated rings. The zero-order valence-electron chi connectivity index (χ0n) is 17.1. The van der Waals surface area contributed by atoms with Crippen LogP contribution >= 0.6 is 0 Å². The highest BCUT2D eigenvalue weighted by Crippen LogP contribution is 2.47. The first-order valence-electron chi connectivity index (χ1n) is 9.25. The molecule has 4 atom stereocenters. The van der Waals surface area contributed by atoms with Crippen molar-refractivity contribution in [3.05, 3.63) is 42.5 Å². The van der Waals surface area contributed by atoms with E-state index in [1.54, 1.807) is 38.3 Å². The predicted octanol–water partition coefficient (Wildman–Crippen LogP) is 1.80. The van der Waals surface area contributed by atoms with E-state index in [-0.39, 0.29) is 13.0 Å². The van der Waals surface area contributed by atoms with Gasteiger partial charge < -0.3 is 18.9 Å². The van der Waals surface area contributed by atoms with Crippen LogP contribution in [0.25, 0.3) is 0 Å². The van der Waals surface area contributed by atoms with Gasteiger partial charge in [0.1, 0.15) is 17.2 Å². The number of rotatable bonds is 8. The summed E-state index contributed by atoms with van der Waals surface area (Å²) in [7, 11) is 3.99. The van der Waals surface area contributed by atoms with E-state index in [4.69, 9.17) is 18.9 Å². The fourth-order valence-electron chi connectivity index (χ4n) is 3.88. The van der Waals surface area contributed by atoms with Crippen molar-refractivity contribution < 1.29 is 33.3 Å². The summed E-state index contributed by atoms with van der Waals surface area (Å²) < 4.78 is 20.4. The number of ether oxygens (including phenoxy) is 4. The van der Waals surface area contributed by atoms with Crippen molar-refractivity contribution in [1.29, 1.82) is 0 Å². The van der Waals surface area contributed by atoms with Gasteiger partial charge in [-0.1, -0.05) is 18.2 Å². The molecule has 0 aliphatic carbocycles. The Morgan fingerprint density at radius 1 is 1.10 bits per heavy atom. The normalized spacial score (nSPS) is 25.7. The fourth-order valence-corrected chi connectivity index (χ4v) is 3.88. The van der Waals surface area contributed by atoms with Crippen LogP contribution in [0.1, 0.15) is 24.9 Å². The number of esters is 3. The third-order valence-corrected chi connectivity index (χ3v) is 5.17. The van der Waals surface area contributed by atoms with Crippen LogP contribution < -0.4 is 10.1 Å². The Morgan fingerprint density at radius 3 is 2.21 bits per heavy atom. The molecule has 1 aromatic rings. The largest absolute Gasteiger partial charge is 0.497 e. The van der Waals surface area contributed by atoms with Crippen molar-refractivity contribution in [2.24, 2.45) is 11.8 Å². The Labute approximate surface area is 170 Å². The SMILES string of the molecule is C=CC[C@@]1(C(=O)OCC)N[C@H](c2ccc(OC)cc2)[C@H](C(=O)OC)[C@@H]1C(=O)OC. The molecule has 8 nitrogen and oxygen atoms in total. The van der Waals surface area contributed by atoms with Crippen LogP contribution in [0.4, 0.5) is 0 Å². The lowest BCUT2D eigenvalue weighted by atomic mass is 9.76. The highest BCUT2D eigenvalue weighted by atomic mass is 16.5. The van der Waals surface area contributed by atoms with Crippen LogP contribution in [-0.4, -0.2) is 51.4 Å². The van der Waals surface area contributed by atoms with Gasteiger partial charge in [-0.25, -0.2) is 0 Å². The lowest BCUT2D eigenvalue weighted by Crippen LogP contribution is -2.56. The van der Waals surface area contributed by atoms with Gasteiger partial charge in [-0.05, 0) is 31.0 Å². The van der Waals surface area contributed by atoms with Crippen molar-refractivity contribution in [3.8, 4) is 5.75 Å². The van der Waals surface area contributed by atoms with E-state index in [9.17, 15) is 14.4 Å². The zero-order valence-corrected chi connectivity index (χ0v) is 17.1. The second-order valence-electron chi connectivity index (χ2n) is 6.63. The van der Waals surface area contributed by atoms with Gasteiger partial charge in [-0.3, -0.25) is 19.7 Å². The van der Waals surface area contributed by atoms with Gasteiger partial charge >= 0.3 is 17.9 Å². The maximum atomic E-state index is 13.0. The quantitative estimate of drug-likeness (QED) is 0.397. The minimum absolute atomic E-state index is 0.0613. The summed E-state index contributed by atoms with van der Waals surface area (Å²) in [5.74, 6) is -3.54. The average Bonchev–Trinajstić information content (AvgIpc) is 3.09. The highest BCUT2D eigenvalue weighted by Gasteiger charge is 2.64. The van der Waals surface area contributed by atoms with Crippen LogP contribution in [0.5, 0.6) is 5.75 Å². The molecule has 29 heavy (non-hydrogen) atoms. The maximum absolute atomic E-state index is 13.0. The van der Waals surface area contributed by atoms with Crippen LogP contribution in [0.2, 0.25) is 0 Å². The van der Waals surface area contributed by atoms with Gasteiger partial charge in [-0.2, -0.15) is 0 Å². The minimum Gasteiger partial charge on any atom is -0.497 e. The Morgan fingerprint density at radius 2 is 1.72 bits per heavy atom. The van der Waals surface area contributed by atoms with Gasteiger partial charge in [-0.15, -0.1) is 6.58 Å². The molecule has 0 saturated carbocycles. The molecular formula is C21H27NO7. The summed E-state index contributed by atoms with van der Waals surface area (Å²) in [5.41, 5.74) is -0.834. The standard InChI is InChI=1S/C21H27NO7/c1-6-12-21(20(25)29-7-2)16(19(24)28-5)15(18(23)27-4)17(22-21)13-8-10-14(26-3)11-9-13/h6,8-11,15-17,22H,1,7,12H2,2-5H3/t15-,16-,17-,21-/m1/s1. The molecule has 0 spiro atoms. The van der Waals surface area contributed by atoms with Gasteiger partial charge in [0.2, 0.25) is 0 Å². The molecule has 0 radical (unpaired) electrons. The van der Waals surface area contributed by atoms with Gasteiger partial charge in [0, 0.05) is 6.04 Å². The smallest absolute Gasteiger partial charge is 0.327 e. The molecule has 1 aromatic carbocycles. The van der Waals surface area contributed by atoms with Crippen molar-refractivity contribution >= 4 is 17.9 Å². The molecule has 1 aliphatic heterocycles. The molecule has 2 rings (SSSR count). The van der Waals surface area contributed by atoms with Crippen molar-refractivity contribution in [3.63, 3.8) is 0 Å². The van der Waals surface area contributed by atoms with Gasteiger partial charge in [0.05, 0.1) is 33.9 Å². The van der Waals surface area contributed by atoms with E-state index >= 15 is 0 Å². The van der Waals surface area contributed by atoms with E-state index in [0.29, 0.717) is 11.3 Å². The average molecular weight is 405 g/mol. The Bertz CT molecular complexity index is 761. The molecule has 0 aromatic heterocycles.